The minimum Gasteiger partial charge on any atom is -0.345 e. The molecule has 2 aromatic carbocycles. The van der Waals surface area contributed by atoms with Crippen LogP contribution < -0.4 is 5.32 Å². The Morgan fingerprint density at radius 2 is 1.81 bits per heavy atom. The Kier molecular flexibility index (Phi) is 5.22. The lowest BCUT2D eigenvalue weighted by atomic mass is 9.82. The van der Waals surface area contributed by atoms with E-state index in [4.69, 9.17) is 4.98 Å². The highest BCUT2D eigenvalue weighted by atomic mass is 32.1. The van der Waals surface area contributed by atoms with Crippen LogP contribution in [-0.4, -0.2) is 17.4 Å². The van der Waals surface area contributed by atoms with Gasteiger partial charge < -0.3 is 5.32 Å². The number of carbonyl (C=O) groups is 1. The first-order valence-corrected chi connectivity index (χ1v) is 10.2. The van der Waals surface area contributed by atoms with Gasteiger partial charge in [0.05, 0.1) is 27.2 Å². The number of para-hydroxylation sites is 1. The molecule has 1 amide bonds. The van der Waals surface area contributed by atoms with E-state index in [0.717, 1.165) is 48.2 Å². The van der Waals surface area contributed by atoms with Gasteiger partial charge >= 0.3 is 0 Å². The monoisotopic (exact) mass is 374 g/mol. The number of aromatic nitrogens is 1. The third-order valence-electron chi connectivity index (χ3n) is 5.21. The molecule has 1 fully saturated rings. The summed E-state index contributed by atoms with van der Waals surface area (Å²) in [6.07, 6.45) is 4.80. The maximum atomic E-state index is 13.0. The molecular weight excluding hydrogens is 352 g/mol. The molecule has 3 nitrogen and oxygen atoms in total. The van der Waals surface area contributed by atoms with Crippen molar-refractivity contribution in [2.45, 2.75) is 32.1 Å². The lowest BCUT2D eigenvalue weighted by Crippen LogP contribution is -2.41. The summed E-state index contributed by atoms with van der Waals surface area (Å²) in [7, 11) is 0. The molecule has 0 unspecified atom stereocenters. The van der Waals surface area contributed by atoms with Crippen LogP contribution in [0.5, 0.6) is 0 Å². The predicted molar refractivity (Wildman–Crippen MR) is 111 cm³/mol. The number of nitrogens with zero attached hydrogens (tertiary/aromatic N) is 1. The number of amides is 1. The number of thiazole rings is 1. The molecule has 1 aromatic heterocycles. The fourth-order valence-electron chi connectivity index (χ4n) is 3.80. The van der Waals surface area contributed by atoms with E-state index in [1.54, 1.807) is 11.3 Å². The van der Waals surface area contributed by atoms with Crippen molar-refractivity contribution in [3.63, 3.8) is 0 Å². The fraction of sp³-hybridized carbons (Fsp3) is 0.304. The van der Waals surface area contributed by atoms with Crippen LogP contribution in [0.15, 0.2) is 54.6 Å². The van der Waals surface area contributed by atoms with Crippen LogP contribution in [0.1, 0.15) is 36.3 Å². The number of nitrogens with one attached hydrogen (secondary N) is 1. The molecule has 3 aromatic rings. The molecular formula is C23H22N2OS. The van der Waals surface area contributed by atoms with Gasteiger partial charge in [0.2, 0.25) is 5.91 Å². The summed E-state index contributed by atoms with van der Waals surface area (Å²) in [6, 6.07) is 18.0. The van der Waals surface area contributed by atoms with E-state index < -0.39 is 0 Å². The molecule has 1 saturated carbocycles. The van der Waals surface area contributed by atoms with Crippen LogP contribution in [-0.2, 0) is 11.2 Å². The van der Waals surface area contributed by atoms with Gasteiger partial charge in [-0.1, -0.05) is 55.0 Å². The average molecular weight is 375 g/mol. The van der Waals surface area contributed by atoms with Crippen molar-refractivity contribution in [2.75, 3.05) is 6.54 Å². The molecule has 136 valence electrons. The van der Waals surface area contributed by atoms with Gasteiger partial charge in [0, 0.05) is 12.0 Å². The van der Waals surface area contributed by atoms with Crippen LogP contribution in [0.2, 0.25) is 0 Å². The van der Waals surface area contributed by atoms with Crippen molar-refractivity contribution >= 4 is 27.5 Å². The summed E-state index contributed by atoms with van der Waals surface area (Å²) in [6.45, 7) is 0.384. The number of hydrogen-bond donors (Lipinski definition) is 1. The van der Waals surface area contributed by atoms with Gasteiger partial charge in [-0.25, -0.2) is 4.98 Å². The molecule has 0 atom stereocenters. The van der Waals surface area contributed by atoms with Crippen molar-refractivity contribution in [3.8, 4) is 11.8 Å². The average Bonchev–Trinajstić information content (AvgIpc) is 3.33. The van der Waals surface area contributed by atoms with Gasteiger partial charge in [-0.2, -0.15) is 0 Å². The Labute approximate surface area is 163 Å². The first-order valence-electron chi connectivity index (χ1n) is 9.42. The van der Waals surface area contributed by atoms with E-state index in [1.807, 2.05) is 48.5 Å². The maximum Gasteiger partial charge on any atom is 0.227 e. The second kappa shape index (κ2) is 7.94. The van der Waals surface area contributed by atoms with Gasteiger partial charge in [0.15, 0.2) is 0 Å². The highest BCUT2D eigenvalue weighted by molar-refractivity contribution is 7.18. The summed E-state index contributed by atoms with van der Waals surface area (Å²) in [5.74, 6) is 6.29. The SMILES string of the molecule is O=C(NCC#Cc1ccccc1)C1(Cc2nc3ccccc3s2)CCCC1. The van der Waals surface area contributed by atoms with Crippen LogP contribution in [0.25, 0.3) is 10.2 Å². The van der Waals surface area contributed by atoms with Crippen molar-refractivity contribution < 1.29 is 4.79 Å². The largest absolute Gasteiger partial charge is 0.345 e. The zero-order valence-electron chi connectivity index (χ0n) is 15.2. The number of fused-ring (bicyclic) bond motifs is 1. The maximum absolute atomic E-state index is 13.0. The molecule has 1 heterocycles. The van der Waals surface area contributed by atoms with Crippen LogP contribution >= 0.6 is 11.3 Å². The van der Waals surface area contributed by atoms with Gasteiger partial charge in [-0.3, -0.25) is 4.79 Å². The topological polar surface area (TPSA) is 42.0 Å². The molecule has 4 rings (SSSR count). The molecule has 0 saturated heterocycles. The van der Waals surface area contributed by atoms with Crippen molar-refractivity contribution in [1.29, 1.82) is 0 Å². The summed E-state index contributed by atoms with van der Waals surface area (Å²) in [5.41, 5.74) is 1.67. The second-order valence-electron chi connectivity index (χ2n) is 7.09. The van der Waals surface area contributed by atoms with Gasteiger partial charge in [0.1, 0.15) is 0 Å². The summed E-state index contributed by atoms with van der Waals surface area (Å²) in [4.78, 5) is 17.7. The molecule has 1 N–H and O–H groups in total. The first kappa shape index (κ1) is 17.8. The zero-order valence-corrected chi connectivity index (χ0v) is 16.0. The number of carbonyl (C=O) groups excluding carboxylic acids is 1. The molecule has 0 radical (unpaired) electrons. The van der Waals surface area contributed by atoms with Crippen molar-refractivity contribution in [3.05, 3.63) is 65.2 Å². The molecule has 4 heteroatoms. The Morgan fingerprint density at radius 1 is 1.07 bits per heavy atom. The quantitative estimate of drug-likeness (QED) is 0.680. The third kappa shape index (κ3) is 4.04. The standard InChI is InChI=1S/C23H22N2OS/c26-22(24-16-8-11-18-9-2-1-3-10-18)23(14-6-7-15-23)17-21-25-19-12-4-5-13-20(19)27-21/h1-5,9-10,12-13H,6-7,14-17H2,(H,24,26). The second-order valence-corrected chi connectivity index (χ2v) is 8.21. The minimum atomic E-state index is -0.331. The van der Waals surface area contributed by atoms with E-state index in [2.05, 4.69) is 23.2 Å². The van der Waals surface area contributed by atoms with Crippen LogP contribution in [0.4, 0.5) is 0 Å². The summed E-state index contributed by atoms with van der Waals surface area (Å²) in [5, 5.41) is 4.11. The minimum absolute atomic E-state index is 0.126. The Morgan fingerprint density at radius 3 is 2.59 bits per heavy atom. The van der Waals surface area contributed by atoms with E-state index in [-0.39, 0.29) is 11.3 Å². The predicted octanol–water partition coefficient (Wildman–Crippen LogP) is 4.57. The summed E-state index contributed by atoms with van der Waals surface area (Å²) < 4.78 is 1.19. The van der Waals surface area contributed by atoms with Gasteiger partial charge in [-0.15, -0.1) is 11.3 Å². The molecule has 1 aliphatic rings. The van der Waals surface area contributed by atoms with E-state index in [0.29, 0.717) is 6.54 Å². The lowest BCUT2D eigenvalue weighted by molar-refractivity contribution is -0.130. The first-order chi connectivity index (χ1) is 13.3. The molecule has 27 heavy (non-hydrogen) atoms. The zero-order chi connectivity index (χ0) is 18.5. The molecule has 0 aliphatic heterocycles. The molecule has 0 spiro atoms. The van der Waals surface area contributed by atoms with Crippen LogP contribution in [0, 0.1) is 17.3 Å². The fourth-order valence-corrected chi connectivity index (χ4v) is 4.91. The van der Waals surface area contributed by atoms with Gasteiger partial charge in [-0.05, 0) is 37.1 Å². The van der Waals surface area contributed by atoms with Crippen molar-refractivity contribution in [2.24, 2.45) is 5.41 Å². The smallest absolute Gasteiger partial charge is 0.227 e. The van der Waals surface area contributed by atoms with E-state index >= 15 is 0 Å². The highest BCUT2D eigenvalue weighted by Gasteiger charge is 2.41. The van der Waals surface area contributed by atoms with E-state index in [1.165, 1.54) is 4.70 Å². The Bertz CT molecular complexity index is 958. The normalized spacial score (nSPS) is 15.3. The Balaban J connectivity index is 1.44. The number of rotatable bonds is 4. The molecule has 1 aliphatic carbocycles. The summed E-state index contributed by atoms with van der Waals surface area (Å²) >= 11 is 1.71. The Hall–Kier alpha value is -2.64. The van der Waals surface area contributed by atoms with Gasteiger partial charge in [0.25, 0.3) is 0 Å². The highest BCUT2D eigenvalue weighted by Crippen LogP contribution is 2.42. The third-order valence-corrected chi connectivity index (χ3v) is 6.25. The lowest BCUT2D eigenvalue weighted by Gasteiger charge is -2.26. The number of hydrogen-bond acceptors (Lipinski definition) is 3. The molecule has 0 bridgehead atoms. The van der Waals surface area contributed by atoms with E-state index in [9.17, 15) is 4.79 Å². The van der Waals surface area contributed by atoms with Crippen LogP contribution in [0.3, 0.4) is 0 Å². The van der Waals surface area contributed by atoms with Crippen molar-refractivity contribution in [1.82, 2.24) is 10.3 Å². The number of benzene rings is 2.